The van der Waals surface area contributed by atoms with Crippen molar-refractivity contribution in [3.63, 3.8) is 0 Å². The van der Waals surface area contributed by atoms with Crippen LogP contribution in [0, 0.1) is 0 Å². The Morgan fingerprint density at radius 2 is 2.29 bits per heavy atom. The number of hydrogen-bond acceptors (Lipinski definition) is 5. The Kier molecular flexibility index (Phi) is 4.60. The van der Waals surface area contributed by atoms with Crippen molar-refractivity contribution in [2.45, 2.75) is 25.1 Å². The molecular formula is C10H15F3N6O2. The number of aryl methyl sites for hydroxylation is 1. The second-order valence-electron chi connectivity index (χ2n) is 4.67. The smallest absolute Gasteiger partial charge is 0.367 e. The molecule has 2 rings (SSSR count). The number of aromatic nitrogens is 4. The van der Waals surface area contributed by atoms with Gasteiger partial charge < -0.3 is 9.64 Å². The third kappa shape index (κ3) is 4.85. The molecule has 1 fully saturated rings. The standard InChI is InChI=1S/C10H15F3N6O2/c1-18-16-8(15-17-18)14-9(20)19-4-2-3-7(5-19)21-6-10(11,12)13/h7H,2-6H2,1H3,(H,14,16,20). The highest BCUT2D eigenvalue weighted by atomic mass is 19.4. The van der Waals surface area contributed by atoms with Gasteiger partial charge >= 0.3 is 12.2 Å². The first-order valence-corrected chi connectivity index (χ1v) is 6.32. The van der Waals surface area contributed by atoms with E-state index in [-0.39, 0.29) is 12.5 Å². The number of hydrogen-bond donors (Lipinski definition) is 1. The highest BCUT2D eigenvalue weighted by Crippen LogP contribution is 2.19. The second kappa shape index (κ2) is 6.24. The number of nitrogens with one attached hydrogen (secondary N) is 1. The molecule has 1 unspecified atom stereocenters. The van der Waals surface area contributed by atoms with E-state index in [4.69, 9.17) is 4.74 Å². The van der Waals surface area contributed by atoms with Gasteiger partial charge in [0.15, 0.2) is 0 Å². The average Bonchev–Trinajstić information content (AvgIpc) is 2.81. The number of alkyl halides is 3. The van der Waals surface area contributed by atoms with E-state index in [2.05, 4.69) is 20.7 Å². The van der Waals surface area contributed by atoms with Crippen LogP contribution >= 0.6 is 0 Å². The number of tetrazole rings is 1. The largest absolute Gasteiger partial charge is 0.411 e. The lowest BCUT2D eigenvalue weighted by molar-refractivity contribution is -0.188. The van der Waals surface area contributed by atoms with Gasteiger partial charge in [-0.25, -0.2) is 4.79 Å². The summed E-state index contributed by atoms with van der Waals surface area (Å²) in [5.74, 6) is 0.0424. The van der Waals surface area contributed by atoms with E-state index in [0.717, 1.165) is 0 Å². The Balaban J connectivity index is 1.84. The Hall–Kier alpha value is -1.91. The molecule has 0 saturated carbocycles. The first-order valence-electron chi connectivity index (χ1n) is 6.32. The van der Waals surface area contributed by atoms with Gasteiger partial charge in [-0.3, -0.25) is 5.32 Å². The summed E-state index contributed by atoms with van der Waals surface area (Å²) in [6, 6.07) is -0.483. The maximum Gasteiger partial charge on any atom is 0.411 e. The molecule has 2 heterocycles. The number of rotatable bonds is 3. The number of anilines is 1. The molecule has 1 aliphatic heterocycles. The summed E-state index contributed by atoms with van der Waals surface area (Å²) in [6.45, 7) is -0.765. The topological polar surface area (TPSA) is 85.2 Å². The molecule has 1 saturated heterocycles. The van der Waals surface area contributed by atoms with Gasteiger partial charge in [0.05, 0.1) is 13.2 Å². The van der Waals surface area contributed by atoms with E-state index in [0.29, 0.717) is 19.4 Å². The molecule has 1 aromatic rings. The molecule has 1 aliphatic rings. The average molecular weight is 308 g/mol. The van der Waals surface area contributed by atoms with Crippen molar-refractivity contribution in [1.82, 2.24) is 25.1 Å². The van der Waals surface area contributed by atoms with Crippen LogP contribution in [0.2, 0.25) is 0 Å². The van der Waals surface area contributed by atoms with Crippen LogP contribution in [-0.2, 0) is 11.8 Å². The number of carbonyl (C=O) groups excluding carboxylic acids is 1. The van der Waals surface area contributed by atoms with Crippen LogP contribution in [0.3, 0.4) is 0 Å². The normalized spacial score (nSPS) is 19.6. The van der Waals surface area contributed by atoms with Crippen molar-refractivity contribution in [1.29, 1.82) is 0 Å². The minimum absolute atomic E-state index is 0.0424. The molecule has 1 aromatic heterocycles. The maximum absolute atomic E-state index is 12.1. The summed E-state index contributed by atoms with van der Waals surface area (Å²) < 4.78 is 41.1. The Morgan fingerprint density at radius 3 is 2.90 bits per heavy atom. The lowest BCUT2D eigenvalue weighted by Gasteiger charge is -2.32. The maximum atomic E-state index is 12.1. The predicted molar refractivity (Wildman–Crippen MR) is 64.4 cm³/mol. The zero-order valence-electron chi connectivity index (χ0n) is 11.3. The van der Waals surface area contributed by atoms with Crippen LogP contribution in [0.4, 0.5) is 23.9 Å². The first kappa shape index (κ1) is 15.5. The highest BCUT2D eigenvalue weighted by molar-refractivity contribution is 5.87. The molecule has 8 nitrogen and oxygen atoms in total. The monoisotopic (exact) mass is 308 g/mol. The highest BCUT2D eigenvalue weighted by Gasteiger charge is 2.31. The van der Waals surface area contributed by atoms with Crippen LogP contribution in [0.15, 0.2) is 0 Å². The first-order chi connectivity index (χ1) is 9.83. The van der Waals surface area contributed by atoms with E-state index in [9.17, 15) is 18.0 Å². The summed E-state index contributed by atoms with van der Waals surface area (Å²) >= 11 is 0. The third-order valence-corrected chi connectivity index (χ3v) is 2.88. The number of nitrogens with zero attached hydrogens (tertiary/aromatic N) is 5. The van der Waals surface area contributed by atoms with Gasteiger partial charge in [-0.1, -0.05) is 5.10 Å². The van der Waals surface area contributed by atoms with Crippen LogP contribution in [0.1, 0.15) is 12.8 Å². The summed E-state index contributed by atoms with van der Waals surface area (Å²) in [7, 11) is 1.55. The molecule has 0 aliphatic carbocycles. The number of piperidine rings is 1. The summed E-state index contributed by atoms with van der Waals surface area (Å²) in [6.07, 6.45) is -3.93. The minimum Gasteiger partial charge on any atom is -0.367 e. The molecule has 118 valence electrons. The van der Waals surface area contributed by atoms with Crippen LogP contribution in [0.25, 0.3) is 0 Å². The summed E-state index contributed by atoms with van der Waals surface area (Å²) in [5, 5.41) is 13.4. The van der Waals surface area contributed by atoms with Gasteiger partial charge in [0.2, 0.25) is 0 Å². The number of carbonyl (C=O) groups is 1. The number of ether oxygens (including phenoxy) is 1. The van der Waals surface area contributed by atoms with Gasteiger partial charge in [0.1, 0.15) is 6.61 Å². The lowest BCUT2D eigenvalue weighted by Crippen LogP contribution is -2.46. The molecule has 1 N–H and O–H groups in total. The van der Waals surface area contributed by atoms with Crippen molar-refractivity contribution in [2.75, 3.05) is 25.0 Å². The summed E-state index contributed by atoms with van der Waals surface area (Å²) in [4.78, 5) is 14.5. The van der Waals surface area contributed by atoms with E-state index >= 15 is 0 Å². The Labute approximate surface area is 118 Å². The second-order valence-corrected chi connectivity index (χ2v) is 4.67. The van der Waals surface area contributed by atoms with Crippen LogP contribution < -0.4 is 5.32 Å². The van der Waals surface area contributed by atoms with Gasteiger partial charge in [0, 0.05) is 13.1 Å². The fraction of sp³-hybridized carbons (Fsp3) is 0.800. The van der Waals surface area contributed by atoms with E-state index in [1.165, 1.54) is 9.70 Å². The number of amides is 2. The van der Waals surface area contributed by atoms with Crippen molar-refractivity contribution in [2.24, 2.45) is 7.05 Å². The van der Waals surface area contributed by atoms with E-state index < -0.39 is 24.9 Å². The lowest BCUT2D eigenvalue weighted by atomic mass is 10.1. The quantitative estimate of drug-likeness (QED) is 0.892. The number of halogens is 3. The molecule has 0 radical (unpaired) electrons. The molecule has 0 aromatic carbocycles. The van der Waals surface area contributed by atoms with Crippen molar-refractivity contribution >= 4 is 12.0 Å². The Bertz CT molecular complexity index is 491. The molecule has 1 atom stereocenters. The van der Waals surface area contributed by atoms with Crippen LogP contribution in [0.5, 0.6) is 0 Å². The Morgan fingerprint density at radius 1 is 1.52 bits per heavy atom. The van der Waals surface area contributed by atoms with Gasteiger partial charge in [-0.2, -0.15) is 18.0 Å². The van der Waals surface area contributed by atoms with Crippen molar-refractivity contribution < 1.29 is 22.7 Å². The number of likely N-dealkylation sites (tertiary alicyclic amines) is 1. The van der Waals surface area contributed by atoms with Gasteiger partial charge in [-0.15, -0.1) is 5.10 Å². The molecule has 0 bridgehead atoms. The molecule has 21 heavy (non-hydrogen) atoms. The van der Waals surface area contributed by atoms with Crippen molar-refractivity contribution in [3.05, 3.63) is 0 Å². The zero-order chi connectivity index (χ0) is 15.5. The fourth-order valence-corrected chi connectivity index (χ4v) is 1.98. The zero-order valence-corrected chi connectivity index (χ0v) is 11.3. The molecular weight excluding hydrogens is 293 g/mol. The van der Waals surface area contributed by atoms with Crippen molar-refractivity contribution in [3.8, 4) is 0 Å². The fourth-order valence-electron chi connectivity index (χ4n) is 1.98. The van der Waals surface area contributed by atoms with E-state index in [1.807, 2.05) is 0 Å². The molecule has 0 spiro atoms. The SMILES string of the molecule is Cn1nnc(NC(=O)N2CCCC(OCC(F)(F)F)C2)n1. The van der Waals surface area contributed by atoms with E-state index in [1.54, 1.807) is 7.05 Å². The van der Waals surface area contributed by atoms with Gasteiger partial charge in [-0.05, 0) is 18.1 Å². The van der Waals surface area contributed by atoms with Gasteiger partial charge in [0.25, 0.3) is 5.95 Å². The molecule has 11 heteroatoms. The minimum atomic E-state index is -4.37. The van der Waals surface area contributed by atoms with Crippen LogP contribution in [-0.4, -0.2) is 63.1 Å². The molecule has 2 amide bonds. The summed E-state index contributed by atoms with van der Waals surface area (Å²) in [5.41, 5.74) is 0. The third-order valence-electron chi connectivity index (χ3n) is 2.88. The predicted octanol–water partition coefficient (Wildman–Crippen LogP) is 0.785. The number of urea groups is 1.